The molecule has 1 fully saturated rings. The van der Waals surface area contributed by atoms with Crippen molar-refractivity contribution >= 4 is 11.7 Å². The molecule has 1 amide bonds. The molecule has 0 aliphatic heterocycles. The monoisotopic (exact) mass is 261 g/mol. The van der Waals surface area contributed by atoms with Gasteiger partial charge in [-0.3, -0.25) is 4.79 Å². The molecule has 0 radical (unpaired) electrons. The molecule has 3 atom stereocenters. The minimum absolute atomic E-state index is 0.0476. The molecule has 1 aromatic carbocycles. The van der Waals surface area contributed by atoms with Crippen LogP contribution in [-0.2, 0) is 4.79 Å². The van der Waals surface area contributed by atoms with E-state index in [-0.39, 0.29) is 23.6 Å². The van der Waals surface area contributed by atoms with Crippen molar-refractivity contribution in [2.45, 2.75) is 19.3 Å². The van der Waals surface area contributed by atoms with E-state index < -0.39 is 0 Å². The fraction of sp³-hybridized carbons (Fsp3) is 0.429. The highest BCUT2D eigenvalue weighted by Gasteiger charge is 2.43. The third-order valence-electron chi connectivity index (χ3n) is 3.56. The van der Waals surface area contributed by atoms with Gasteiger partial charge < -0.3 is 16.3 Å². The fourth-order valence-corrected chi connectivity index (χ4v) is 2.14. The summed E-state index contributed by atoms with van der Waals surface area (Å²) in [5, 5.41) is 14.3. The van der Waals surface area contributed by atoms with Gasteiger partial charge in [-0.1, -0.05) is 42.4 Å². The van der Waals surface area contributed by atoms with Crippen molar-refractivity contribution in [2.75, 3.05) is 6.54 Å². The summed E-state index contributed by atoms with van der Waals surface area (Å²) in [4.78, 5) is 12.0. The summed E-state index contributed by atoms with van der Waals surface area (Å²) in [6.45, 7) is 2.20. The molecule has 0 saturated heterocycles. The number of nitrogens with zero attached hydrogens (tertiary/aromatic N) is 1. The van der Waals surface area contributed by atoms with Crippen molar-refractivity contribution in [3.8, 4) is 0 Å². The topological polar surface area (TPSA) is 87.7 Å². The minimum Gasteiger partial charge on any atom is -0.409 e. The Hall–Kier alpha value is -2.04. The first-order valence-corrected chi connectivity index (χ1v) is 6.43. The van der Waals surface area contributed by atoms with Crippen LogP contribution in [0.3, 0.4) is 0 Å². The number of hydrogen-bond donors (Lipinski definition) is 3. The largest absolute Gasteiger partial charge is 0.409 e. The molecule has 1 aromatic rings. The smallest absolute Gasteiger partial charge is 0.223 e. The summed E-state index contributed by atoms with van der Waals surface area (Å²) >= 11 is 0. The molecule has 3 unspecified atom stereocenters. The molecule has 5 nitrogen and oxygen atoms in total. The third kappa shape index (κ3) is 3.24. The van der Waals surface area contributed by atoms with E-state index in [9.17, 15) is 4.79 Å². The number of rotatable bonds is 5. The fourth-order valence-electron chi connectivity index (χ4n) is 2.14. The van der Waals surface area contributed by atoms with Crippen LogP contribution < -0.4 is 11.1 Å². The van der Waals surface area contributed by atoms with Gasteiger partial charge in [0.05, 0.1) is 0 Å². The van der Waals surface area contributed by atoms with E-state index in [2.05, 4.69) is 22.6 Å². The number of oxime groups is 1. The molecule has 0 spiro atoms. The maximum Gasteiger partial charge on any atom is 0.223 e. The summed E-state index contributed by atoms with van der Waals surface area (Å²) < 4.78 is 0. The molecule has 1 aliphatic carbocycles. The number of benzene rings is 1. The van der Waals surface area contributed by atoms with Gasteiger partial charge in [0.15, 0.2) is 0 Å². The average Bonchev–Trinajstić information content (AvgIpc) is 3.25. The first-order valence-electron chi connectivity index (χ1n) is 6.43. The van der Waals surface area contributed by atoms with E-state index in [1.165, 1.54) is 5.56 Å². The number of amidine groups is 1. The van der Waals surface area contributed by atoms with E-state index in [1.54, 1.807) is 6.92 Å². The maximum atomic E-state index is 12.0. The Bertz CT molecular complexity index is 473. The second-order valence-electron chi connectivity index (χ2n) is 5.03. The van der Waals surface area contributed by atoms with Crippen molar-refractivity contribution in [1.82, 2.24) is 5.32 Å². The number of amides is 1. The van der Waals surface area contributed by atoms with Crippen LogP contribution in [0.25, 0.3) is 0 Å². The minimum atomic E-state index is -0.164. The van der Waals surface area contributed by atoms with Gasteiger partial charge in [0.1, 0.15) is 5.84 Å². The van der Waals surface area contributed by atoms with Gasteiger partial charge in [-0.25, -0.2) is 0 Å². The molecule has 2 rings (SSSR count). The lowest BCUT2D eigenvalue weighted by molar-refractivity contribution is -0.122. The molecule has 0 aromatic heterocycles. The Morgan fingerprint density at radius 3 is 2.84 bits per heavy atom. The molecule has 102 valence electrons. The lowest BCUT2D eigenvalue weighted by atomic mass is 10.1. The van der Waals surface area contributed by atoms with E-state index in [1.807, 2.05) is 18.2 Å². The average molecular weight is 261 g/mol. The number of hydrogen-bond acceptors (Lipinski definition) is 3. The lowest BCUT2D eigenvalue weighted by Crippen LogP contribution is -2.35. The zero-order chi connectivity index (χ0) is 13.8. The van der Waals surface area contributed by atoms with Crippen molar-refractivity contribution in [1.29, 1.82) is 0 Å². The van der Waals surface area contributed by atoms with Crippen LogP contribution in [0.2, 0.25) is 0 Å². The molecule has 4 N–H and O–H groups in total. The summed E-state index contributed by atoms with van der Waals surface area (Å²) in [5.41, 5.74) is 6.68. The number of nitrogens with two attached hydrogens (primary N) is 1. The molecule has 0 heterocycles. The highest BCUT2D eigenvalue weighted by Crippen LogP contribution is 2.47. The highest BCUT2D eigenvalue weighted by atomic mass is 16.4. The van der Waals surface area contributed by atoms with Gasteiger partial charge in [0, 0.05) is 18.4 Å². The van der Waals surface area contributed by atoms with Crippen LogP contribution in [0.1, 0.15) is 24.8 Å². The molecular weight excluding hydrogens is 242 g/mol. The van der Waals surface area contributed by atoms with Crippen LogP contribution >= 0.6 is 0 Å². The Labute approximate surface area is 112 Å². The van der Waals surface area contributed by atoms with Crippen LogP contribution in [0.4, 0.5) is 0 Å². The molecule has 1 aliphatic rings. The van der Waals surface area contributed by atoms with E-state index in [0.717, 1.165) is 6.42 Å². The van der Waals surface area contributed by atoms with Crippen LogP contribution in [0, 0.1) is 11.8 Å². The van der Waals surface area contributed by atoms with Crippen LogP contribution in [0.15, 0.2) is 35.5 Å². The van der Waals surface area contributed by atoms with E-state index in [0.29, 0.717) is 12.5 Å². The van der Waals surface area contributed by atoms with Gasteiger partial charge >= 0.3 is 0 Å². The van der Waals surface area contributed by atoms with Crippen LogP contribution in [-0.4, -0.2) is 23.5 Å². The van der Waals surface area contributed by atoms with Crippen LogP contribution in [0.5, 0.6) is 0 Å². The summed E-state index contributed by atoms with van der Waals surface area (Å²) in [6, 6.07) is 10.1. The standard InChI is InChI=1S/C14H19N3O2/c1-9(13(15)17-19)8-16-14(18)12-7-11(12)10-5-3-2-4-6-10/h2-6,9,11-12,19H,7-8H2,1H3,(H2,15,17)(H,16,18). The van der Waals surface area contributed by atoms with Gasteiger partial charge in [-0.2, -0.15) is 0 Å². The molecule has 19 heavy (non-hydrogen) atoms. The summed E-state index contributed by atoms with van der Waals surface area (Å²) in [7, 11) is 0. The number of carbonyl (C=O) groups is 1. The molecule has 1 saturated carbocycles. The highest BCUT2D eigenvalue weighted by molar-refractivity contribution is 5.85. The molecule has 5 heteroatoms. The number of carbonyl (C=O) groups excluding carboxylic acids is 1. The quantitative estimate of drug-likeness (QED) is 0.323. The first kappa shape index (κ1) is 13.4. The zero-order valence-corrected chi connectivity index (χ0v) is 10.9. The maximum absolute atomic E-state index is 12.0. The van der Waals surface area contributed by atoms with Crippen molar-refractivity contribution in [2.24, 2.45) is 22.7 Å². The van der Waals surface area contributed by atoms with Gasteiger partial charge in [-0.05, 0) is 17.9 Å². The Morgan fingerprint density at radius 1 is 1.53 bits per heavy atom. The lowest BCUT2D eigenvalue weighted by Gasteiger charge is -2.10. The predicted molar refractivity (Wildman–Crippen MR) is 72.9 cm³/mol. The first-order chi connectivity index (χ1) is 9.13. The zero-order valence-electron chi connectivity index (χ0n) is 10.9. The Balaban J connectivity index is 1.81. The van der Waals surface area contributed by atoms with E-state index >= 15 is 0 Å². The Kier molecular flexibility index (Phi) is 4.04. The summed E-state index contributed by atoms with van der Waals surface area (Å²) in [6.07, 6.45) is 0.897. The van der Waals surface area contributed by atoms with Gasteiger partial charge in [-0.15, -0.1) is 0 Å². The second kappa shape index (κ2) is 5.73. The second-order valence-corrected chi connectivity index (χ2v) is 5.03. The van der Waals surface area contributed by atoms with Crippen molar-refractivity contribution < 1.29 is 10.0 Å². The Morgan fingerprint density at radius 2 is 2.21 bits per heavy atom. The van der Waals surface area contributed by atoms with Gasteiger partial charge in [0.25, 0.3) is 0 Å². The normalized spacial score (nSPS) is 23.7. The van der Waals surface area contributed by atoms with Crippen molar-refractivity contribution in [3.05, 3.63) is 35.9 Å². The molecular formula is C14H19N3O2. The predicted octanol–water partition coefficient (Wildman–Crippen LogP) is 1.29. The van der Waals surface area contributed by atoms with Crippen molar-refractivity contribution in [3.63, 3.8) is 0 Å². The van der Waals surface area contributed by atoms with Gasteiger partial charge in [0.2, 0.25) is 5.91 Å². The summed E-state index contributed by atoms with van der Waals surface area (Å²) in [5.74, 6) is 0.410. The third-order valence-corrected chi connectivity index (χ3v) is 3.56. The SMILES string of the molecule is CC(CNC(=O)C1CC1c1ccccc1)/C(N)=N/O. The molecule has 0 bridgehead atoms. The van der Waals surface area contributed by atoms with E-state index in [4.69, 9.17) is 10.9 Å². The number of nitrogens with one attached hydrogen (secondary N) is 1.